The van der Waals surface area contributed by atoms with E-state index in [1.807, 2.05) is 24.3 Å². The number of hydrogen-bond donors (Lipinski definition) is 1. The van der Waals surface area contributed by atoms with E-state index in [0.29, 0.717) is 18.1 Å². The molecule has 0 saturated heterocycles. The maximum atomic E-state index is 5.94. The van der Waals surface area contributed by atoms with E-state index >= 15 is 0 Å². The number of nitrogens with zero attached hydrogens (tertiary/aromatic N) is 1. The second kappa shape index (κ2) is 5.70. The number of benzene rings is 1. The lowest BCUT2D eigenvalue weighted by atomic mass is 10.2. The summed E-state index contributed by atoms with van der Waals surface area (Å²) >= 11 is 5.94. The SMILES string of the molecule is COc1ccc(Cl)cc1CNCc1ccon1. The van der Waals surface area contributed by atoms with Gasteiger partial charge in [0, 0.05) is 29.7 Å². The van der Waals surface area contributed by atoms with E-state index in [4.69, 9.17) is 20.9 Å². The van der Waals surface area contributed by atoms with Crippen LogP contribution in [0.2, 0.25) is 5.02 Å². The minimum atomic E-state index is 0.645. The van der Waals surface area contributed by atoms with Crippen LogP contribution in [-0.2, 0) is 13.1 Å². The number of rotatable bonds is 5. The fourth-order valence-electron chi connectivity index (χ4n) is 1.54. The Balaban J connectivity index is 1.96. The molecule has 2 rings (SSSR count). The lowest BCUT2D eigenvalue weighted by Crippen LogP contribution is -2.13. The number of aromatic nitrogens is 1. The fraction of sp³-hybridized carbons (Fsp3) is 0.250. The van der Waals surface area contributed by atoms with Gasteiger partial charge in [0.05, 0.1) is 12.8 Å². The van der Waals surface area contributed by atoms with Gasteiger partial charge in [0.25, 0.3) is 0 Å². The van der Waals surface area contributed by atoms with Gasteiger partial charge in [-0.2, -0.15) is 0 Å². The van der Waals surface area contributed by atoms with Crippen LogP contribution in [0, 0.1) is 0 Å². The van der Waals surface area contributed by atoms with Crippen molar-refractivity contribution in [3.8, 4) is 5.75 Å². The molecule has 0 radical (unpaired) electrons. The summed E-state index contributed by atoms with van der Waals surface area (Å²) in [5, 5.41) is 7.76. The standard InChI is InChI=1S/C12H13ClN2O2/c1-16-12-3-2-10(13)6-9(12)7-14-8-11-4-5-17-15-11/h2-6,14H,7-8H2,1H3. The number of methoxy groups -OCH3 is 1. The van der Waals surface area contributed by atoms with Crippen LogP contribution in [0.15, 0.2) is 35.1 Å². The zero-order valence-corrected chi connectivity index (χ0v) is 10.2. The highest BCUT2D eigenvalue weighted by Crippen LogP contribution is 2.22. The molecule has 0 fully saturated rings. The van der Waals surface area contributed by atoms with E-state index in [1.165, 1.54) is 0 Å². The molecule has 1 aromatic heterocycles. The molecule has 2 aromatic rings. The van der Waals surface area contributed by atoms with Crippen molar-refractivity contribution in [1.29, 1.82) is 0 Å². The zero-order chi connectivity index (χ0) is 12.1. The van der Waals surface area contributed by atoms with Crippen LogP contribution in [0.5, 0.6) is 5.75 Å². The first-order valence-corrected chi connectivity index (χ1v) is 5.60. The molecule has 1 N–H and O–H groups in total. The van der Waals surface area contributed by atoms with Crippen molar-refractivity contribution in [1.82, 2.24) is 10.5 Å². The van der Waals surface area contributed by atoms with Crippen molar-refractivity contribution < 1.29 is 9.26 Å². The highest BCUT2D eigenvalue weighted by molar-refractivity contribution is 6.30. The molecule has 1 aromatic carbocycles. The summed E-state index contributed by atoms with van der Waals surface area (Å²) in [5.41, 5.74) is 1.88. The van der Waals surface area contributed by atoms with Crippen LogP contribution in [0.4, 0.5) is 0 Å². The van der Waals surface area contributed by atoms with E-state index in [1.54, 1.807) is 13.4 Å². The Labute approximate surface area is 105 Å². The maximum absolute atomic E-state index is 5.94. The predicted octanol–water partition coefficient (Wildman–Crippen LogP) is 2.63. The maximum Gasteiger partial charge on any atom is 0.124 e. The lowest BCUT2D eigenvalue weighted by molar-refractivity contribution is 0.403. The predicted molar refractivity (Wildman–Crippen MR) is 65.1 cm³/mol. The Morgan fingerprint density at radius 2 is 2.24 bits per heavy atom. The van der Waals surface area contributed by atoms with Crippen LogP contribution < -0.4 is 10.1 Å². The number of halogens is 1. The highest BCUT2D eigenvalue weighted by Gasteiger charge is 2.04. The Bertz CT molecular complexity index is 471. The Morgan fingerprint density at radius 1 is 1.35 bits per heavy atom. The number of nitrogens with one attached hydrogen (secondary N) is 1. The van der Waals surface area contributed by atoms with Gasteiger partial charge in [-0.05, 0) is 18.2 Å². The van der Waals surface area contributed by atoms with Crippen molar-refractivity contribution in [3.63, 3.8) is 0 Å². The van der Waals surface area contributed by atoms with Crippen LogP contribution in [0.25, 0.3) is 0 Å². The van der Waals surface area contributed by atoms with Gasteiger partial charge in [-0.25, -0.2) is 0 Å². The highest BCUT2D eigenvalue weighted by atomic mass is 35.5. The van der Waals surface area contributed by atoms with Gasteiger partial charge >= 0.3 is 0 Å². The van der Waals surface area contributed by atoms with Crippen molar-refractivity contribution in [2.75, 3.05) is 7.11 Å². The molecule has 1 heterocycles. The molecule has 5 heteroatoms. The lowest BCUT2D eigenvalue weighted by Gasteiger charge is -2.09. The quantitative estimate of drug-likeness (QED) is 0.889. The third-order valence-corrected chi connectivity index (χ3v) is 2.59. The number of hydrogen-bond acceptors (Lipinski definition) is 4. The number of ether oxygens (including phenoxy) is 1. The van der Waals surface area contributed by atoms with Crippen LogP contribution in [0.1, 0.15) is 11.3 Å². The largest absolute Gasteiger partial charge is 0.496 e. The molecular formula is C12H13ClN2O2. The van der Waals surface area contributed by atoms with Crippen molar-refractivity contribution >= 4 is 11.6 Å². The second-order valence-corrected chi connectivity index (χ2v) is 3.99. The molecule has 0 unspecified atom stereocenters. The summed E-state index contributed by atoms with van der Waals surface area (Å²) < 4.78 is 10.0. The minimum absolute atomic E-state index is 0.645. The molecule has 0 aliphatic rings. The molecule has 0 amide bonds. The Morgan fingerprint density at radius 3 is 2.94 bits per heavy atom. The van der Waals surface area contributed by atoms with Gasteiger partial charge in [-0.15, -0.1) is 0 Å². The summed E-state index contributed by atoms with van der Waals surface area (Å²) in [6.07, 6.45) is 1.55. The van der Waals surface area contributed by atoms with E-state index in [0.717, 1.165) is 17.0 Å². The molecule has 0 aliphatic carbocycles. The van der Waals surface area contributed by atoms with Gasteiger partial charge < -0.3 is 14.6 Å². The third-order valence-electron chi connectivity index (χ3n) is 2.36. The van der Waals surface area contributed by atoms with E-state index in [-0.39, 0.29) is 0 Å². The Kier molecular flexibility index (Phi) is 4.01. The van der Waals surface area contributed by atoms with Crippen molar-refractivity contribution in [2.45, 2.75) is 13.1 Å². The normalized spacial score (nSPS) is 10.5. The first-order chi connectivity index (χ1) is 8.29. The van der Waals surface area contributed by atoms with Crippen LogP contribution in [0.3, 0.4) is 0 Å². The smallest absolute Gasteiger partial charge is 0.124 e. The monoisotopic (exact) mass is 252 g/mol. The van der Waals surface area contributed by atoms with Gasteiger partial charge in [0.2, 0.25) is 0 Å². The average molecular weight is 253 g/mol. The van der Waals surface area contributed by atoms with Crippen LogP contribution in [-0.4, -0.2) is 12.3 Å². The molecule has 0 bridgehead atoms. The van der Waals surface area contributed by atoms with Crippen molar-refractivity contribution in [2.24, 2.45) is 0 Å². The fourth-order valence-corrected chi connectivity index (χ4v) is 1.73. The molecule has 0 aliphatic heterocycles. The second-order valence-electron chi connectivity index (χ2n) is 3.55. The van der Waals surface area contributed by atoms with Crippen molar-refractivity contribution in [3.05, 3.63) is 46.8 Å². The van der Waals surface area contributed by atoms with E-state index in [9.17, 15) is 0 Å². The molecular weight excluding hydrogens is 240 g/mol. The van der Waals surface area contributed by atoms with Gasteiger partial charge in [-0.1, -0.05) is 16.8 Å². The molecule has 0 saturated carbocycles. The molecule has 17 heavy (non-hydrogen) atoms. The first kappa shape index (κ1) is 12.0. The first-order valence-electron chi connectivity index (χ1n) is 5.22. The molecule has 0 spiro atoms. The Hall–Kier alpha value is -1.52. The van der Waals surface area contributed by atoms with E-state index < -0.39 is 0 Å². The molecule has 0 atom stereocenters. The van der Waals surface area contributed by atoms with E-state index in [2.05, 4.69) is 10.5 Å². The molecule has 90 valence electrons. The van der Waals surface area contributed by atoms with Crippen LogP contribution >= 0.6 is 11.6 Å². The summed E-state index contributed by atoms with van der Waals surface area (Å²) in [7, 11) is 1.64. The van der Waals surface area contributed by atoms with Gasteiger partial charge in [-0.3, -0.25) is 0 Å². The summed E-state index contributed by atoms with van der Waals surface area (Å²) in [5.74, 6) is 0.821. The zero-order valence-electron chi connectivity index (χ0n) is 9.44. The average Bonchev–Trinajstić information content (AvgIpc) is 2.82. The minimum Gasteiger partial charge on any atom is -0.496 e. The summed E-state index contributed by atoms with van der Waals surface area (Å²) in [6, 6.07) is 7.37. The topological polar surface area (TPSA) is 47.3 Å². The molecule has 4 nitrogen and oxygen atoms in total. The third kappa shape index (κ3) is 3.22. The summed E-state index contributed by atoms with van der Waals surface area (Å²) in [6.45, 7) is 1.31. The van der Waals surface area contributed by atoms with Gasteiger partial charge in [0.1, 0.15) is 12.0 Å². The van der Waals surface area contributed by atoms with Gasteiger partial charge in [0.15, 0.2) is 0 Å². The summed E-state index contributed by atoms with van der Waals surface area (Å²) in [4.78, 5) is 0.